The number of rotatable bonds is 10. The standard InChI is InChI=1S/C20H23ClN2O7S/c1-27-14-10-18(29-3)15(19(11-14)30-4)7-8-31(25,26)23-13-5-6-17(28-2)16(9-13)22-20(24)12-21/h5-11,23H,12H2,1-4H3,(H,22,24). The van der Waals surface area contributed by atoms with Gasteiger partial charge in [0.15, 0.2) is 0 Å². The largest absolute Gasteiger partial charge is 0.496 e. The summed E-state index contributed by atoms with van der Waals surface area (Å²) in [6, 6.07) is 7.65. The van der Waals surface area contributed by atoms with Gasteiger partial charge in [-0.3, -0.25) is 9.52 Å². The highest BCUT2D eigenvalue weighted by Gasteiger charge is 2.14. The Kier molecular flexibility index (Phi) is 8.40. The Morgan fingerprint density at radius 2 is 1.58 bits per heavy atom. The summed E-state index contributed by atoms with van der Waals surface area (Å²) in [5.41, 5.74) is 0.903. The molecular weight excluding hydrogens is 448 g/mol. The lowest BCUT2D eigenvalue weighted by Crippen LogP contribution is -2.14. The van der Waals surface area contributed by atoms with Crippen molar-refractivity contribution < 1.29 is 32.2 Å². The van der Waals surface area contributed by atoms with E-state index >= 15 is 0 Å². The van der Waals surface area contributed by atoms with Gasteiger partial charge in [0.1, 0.15) is 28.9 Å². The van der Waals surface area contributed by atoms with E-state index in [-0.39, 0.29) is 17.3 Å². The Balaban J connectivity index is 2.33. The fourth-order valence-corrected chi connectivity index (χ4v) is 3.51. The molecule has 0 aliphatic carbocycles. The maximum Gasteiger partial charge on any atom is 0.255 e. The predicted molar refractivity (Wildman–Crippen MR) is 120 cm³/mol. The summed E-state index contributed by atoms with van der Waals surface area (Å²) in [6.07, 6.45) is 1.35. The maximum atomic E-state index is 12.6. The lowest BCUT2D eigenvalue weighted by molar-refractivity contribution is -0.113. The topological polar surface area (TPSA) is 112 Å². The van der Waals surface area contributed by atoms with Gasteiger partial charge in [0.05, 0.1) is 50.8 Å². The first-order valence-electron chi connectivity index (χ1n) is 8.81. The average molecular weight is 471 g/mol. The van der Waals surface area contributed by atoms with Crippen LogP contribution < -0.4 is 29.0 Å². The summed E-state index contributed by atoms with van der Waals surface area (Å²) in [6.45, 7) is 0. The Morgan fingerprint density at radius 1 is 0.968 bits per heavy atom. The number of hydrogen-bond donors (Lipinski definition) is 2. The van der Waals surface area contributed by atoms with Gasteiger partial charge in [-0.2, -0.15) is 0 Å². The second-order valence-electron chi connectivity index (χ2n) is 5.99. The number of benzene rings is 2. The summed E-state index contributed by atoms with van der Waals surface area (Å²) >= 11 is 5.51. The molecule has 2 rings (SSSR count). The summed E-state index contributed by atoms with van der Waals surface area (Å²) in [5.74, 6) is 0.879. The van der Waals surface area contributed by atoms with E-state index in [1.54, 1.807) is 12.1 Å². The van der Waals surface area contributed by atoms with E-state index in [0.29, 0.717) is 28.6 Å². The predicted octanol–water partition coefficient (Wildman–Crippen LogP) is 3.31. The quantitative estimate of drug-likeness (QED) is 0.512. The molecule has 0 saturated heterocycles. The van der Waals surface area contributed by atoms with Crippen molar-refractivity contribution in [2.75, 3.05) is 44.4 Å². The van der Waals surface area contributed by atoms with E-state index in [0.717, 1.165) is 5.41 Å². The number of nitrogens with one attached hydrogen (secondary N) is 2. The number of carbonyl (C=O) groups is 1. The number of carbonyl (C=O) groups excluding carboxylic acids is 1. The number of anilines is 2. The highest BCUT2D eigenvalue weighted by atomic mass is 35.5. The molecule has 11 heteroatoms. The molecule has 0 fully saturated rings. The van der Waals surface area contributed by atoms with Crippen LogP contribution >= 0.6 is 11.6 Å². The van der Waals surface area contributed by atoms with E-state index in [9.17, 15) is 13.2 Å². The first kappa shape index (κ1) is 24.2. The Labute approximate surface area is 185 Å². The molecule has 2 aromatic rings. The molecule has 1 amide bonds. The third kappa shape index (κ3) is 6.43. The van der Waals surface area contributed by atoms with Gasteiger partial charge in [-0.25, -0.2) is 8.42 Å². The second-order valence-corrected chi connectivity index (χ2v) is 7.83. The highest BCUT2D eigenvalue weighted by Crippen LogP contribution is 2.35. The fraction of sp³-hybridized carbons (Fsp3) is 0.250. The van der Waals surface area contributed by atoms with Crippen molar-refractivity contribution in [2.45, 2.75) is 0 Å². The van der Waals surface area contributed by atoms with Crippen molar-refractivity contribution in [2.24, 2.45) is 0 Å². The van der Waals surface area contributed by atoms with Gasteiger partial charge in [-0.1, -0.05) is 0 Å². The molecule has 0 heterocycles. The molecule has 0 radical (unpaired) electrons. The minimum Gasteiger partial charge on any atom is -0.496 e. The lowest BCUT2D eigenvalue weighted by Gasteiger charge is -2.13. The molecule has 0 aliphatic heterocycles. The SMILES string of the molecule is COc1cc(OC)c(C=CS(=O)(=O)Nc2ccc(OC)c(NC(=O)CCl)c2)c(OC)c1. The third-order valence-corrected chi connectivity index (χ3v) is 5.28. The maximum absolute atomic E-state index is 12.6. The monoisotopic (exact) mass is 470 g/mol. The molecule has 0 aromatic heterocycles. The zero-order valence-corrected chi connectivity index (χ0v) is 19.0. The Morgan fingerprint density at radius 3 is 2.10 bits per heavy atom. The second kappa shape index (κ2) is 10.8. The molecule has 0 aliphatic rings. The number of halogens is 1. The van der Waals surface area contributed by atoms with Crippen LogP contribution in [0.25, 0.3) is 6.08 Å². The highest BCUT2D eigenvalue weighted by molar-refractivity contribution is 7.95. The number of ether oxygens (including phenoxy) is 4. The molecule has 2 N–H and O–H groups in total. The van der Waals surface area contributed by atoms with Gasteiger partial charge in [-0.05, 0) is 24.3 Å². The molecule has 9 nitrogen and oxygen atoms in total. The van der Waals surface area contributed by atoms with E-state index in [1.807, 2.05) is 0 Å². The van der Waals surface area contributed by atoms with E-state index in [1.165, 1.54) is 52.7 Å². The summed E-state index contributed by atoms with van der Waals surface area (Å²) in [4.78, 5) is 11.6. The Bertz CT molecular complexity index is 1050. The van der Waals surface area contributed by atoms with Crippen molar-refractivity contribution in [1.82, 2.24) is 0 Å². The third-order valence-electron chi connectivity index (χ3n) is 4.02. The number of amides is 1. The van der Waals surface area contributed by atoms with Gasteiger partial charge < -0.3 is 24.3 Å². The van der Waals surface area contributed by atoms with Crippen molar-refractivity contribution in [3.8, 4) is 23.0 Å². The first-order valence-corrected chi connectivity index (χ1v) is 10.9. The molecule has 31 heavy (non-hydrogen) atoms. The molecule has 0 saturated carbocycles. The fourth-order valence-electron chi connectivity index (χ4n) is 2.61. The summed E-state index contributed by atoms with van der Waals surface area (Å²) < 4.78 is 48.6. The normalized spacial score (nSPS) is 11.1. The van der Waals surface area contributed by atoms with Gasteiger partial charge in [0.2, 0.25) is 5.91 Å². The number of hydrogen-bond acceptors (Lipinski definition) is 7. The van der Waals surface area contributed by atoms with E-state index in [2.05, 4.69) is 10.0 Å². The van der Waals surface area contributed by atoms with Crippen LogP contribution in [0.2, 0.25) is 0 Å². The van der Waals surface area contributed by atoms with Gasteiger partial charge >= 0.3 is 0 Å². The van der Waals surface area contributed by atoms with Crippen LogP contribution in [-0.2, 0) is 14.8 Å². The molecular formula is C20H23ClN2O7S. The van der Waals surface area contributed by atoms with Crippen LogP contribution in [0, 0.1) is 0 Å². The first-order chi connectivity index (χ1) is 14.8. The van der Waals surface area contributed by atoms with Gasteiger partial charge in [-0.15, -0.1) is 11.6 Å². The molecule has 0 bridgehead atoms. The van der Waals surface area contributed by atoms with Crippen LogP contribution in [0.1, 0.15) is 5.56 Å². The number of sulfonamides is 1. The van der Waals surface area contributed by atoms with Crippen LogP contribution in [0.3, 0.4) is 0 Å². The van der Waals surface area contributed by atoms with Crippen LogP contribution in [0.5, 0.6) is 23.0 Å². The molecule has 168 valence electrons. The van der Waals surface area contributed by atoms with E-state index in [4.69, 9.17) is 30.5 Å². The summed E-state index contributed by atoms with van der Waals surface area (Å²) in [7, 11) is 1.90. The van der Waals surface area contributed by atoms with Crippen LogP contribution in [-0.4, -0.2) is 48.6 Å². The zero-order chi connectivity index (χ0) is 23.0. The smallest absolute Gasteiger partial charge is 0.255 e. The Hall–Kier alpha value is -3.11. The summed E-state index contributed by atoms with van der Waals surface area (Å²) in [5, 5.41) is 3.52. The van der Waals surface area contributed by atoms with E-state index < -0.39 is 15.9 Å². The molecule has 0 spiro atoms. The molecule has 0 atom stereocenters. The van der Waals surface area contributed by atoms with Crippen LogP contribution in [0.4, 0.5) is 11.4 Å². The average Bonchev–Trinajstić information content (AvgIpc) is 2.76. The molecule has 2 aromatic carbocycles. The number of alkyl halides is 1. The molecule has 0 unspecified atom stereocenters. The van der Waals surface area contributed by atoms with Gasteiger partial charge in [0, 0.05) is 12.1 Å². The van der Waals surface area contributed by atoms with Crippen molar-refractivity contribution in [3.63, 3.8) is 0 Å². The minimum atomic E-state index is -3.92. The van der Waals surface area contributed by atoms with Crippen molar-refractivity contribution in [1.29, 1.82) is 0 Å². The lowest BCUT2D eigenvalue weighted by atomic mass is 10.1. The number of methoxy groups -OCH3 is 4. The van der Waals surface area contributed by atoms with Crippen molar-refractivity contribution in [3.05, 3.63) is 41.3 Å². The zero-order valence-electron chi connectivity index (χ0n) is 17.4. The van der Waals surface area contributed by atoms with Gasteiger partial charge in [0.25, 0.3) is 10.0 Å². The minimum absolute atomic E-state index is 0.212. The van der Waals surface area contributed by atoms with Crippen LogP contribution in [0.15, 0.2) is 35.7 Å². The van der Waals surface area contributed by atoms with Crippen molar-refractivity contribution >= 4 is 45.0 Å².